The van der Waals surface area contributed by atoms with Gasteiger partial charge in [-0.25, -0.2) is 4.79 Å². The molecule has 0 saturated carbocycles. The van der Waals surface area contributed by atoms with Crippen molar-refractivity contribution in [1.29, 1.82) is 0 Å². The van der Waals surface area contributed by atoms with E-state index in [4.69, 9.17) is 23.7 Å². The van der Waals surface area contributed by atoms with Crippen LogP contribution in [0.4, 0.5) is 10.5 Å². The number of nitrogens with one attached hydrogen (secondary N) is 3. The molecule has 1 aromatic heterocycles. The lowest BCUT2D eigenvalue weighted by Crippen LogP contribution is -2.35. The van der Waals surface area contributed by atoms with E-state index in [0.717, 1.165) is 22.9 Å². The maximum absolute atomic E-state index is 13.2. The molecular weight excluding hydrogens is 528 g/mol. The van der Waals surface area contributed by atoms with E-state index in [2.05, 4.69) is 20.9 Å². The Labute approximate surface area is 240 Å². The minimum Gasteiger partial charge on any atom is -0.447 e. The van der Waals surface area contributed by atoms with Crippen LogP contribution in [0.2, 0.25) is 0 Å². The lowest BCUT2D eigenvalue weighted by Gasteiger charge is -2.18. The molecule has 0 unspecified atom stereocenters. The Morgan fingerprint density at radius 1 is 0.780 bits per heavy atom. The number of hydrogen-bond acceptors (Lipinski definition) is 9. The minimum atomic E-state index is -0.621. The number of likely N-dealkylation sites (N-methyl/N-ethyl adjacent to an activating group) is 1. The monoisotopic (exact) mass is 568 g/mol. The van der Waals surface area contributed by atoms with Gasteiger partial charge >= 0.3 is 6.09 Å². The lowest BCUT2D eigenvalue weighted by molar-refractivity contribution is -0.117. The zero-order chi connectivity index (χ0) is 29.0. The Hall–Kier alpha value is -3.61. The fourth-order valence-electron chi connectivity index (χ4n) is 3.80. The zero-order valence-electron chi connectivity index (χ0n) is 23.5. The van der Waals surface area contributed by atoms with Crippen LogP contribution in [-0.4, -0.2) is 96.6 Å². The van der Waals surface area contributed by atoms with E-state index in [1.807, 2.05) is 61.6 Å². The van der Waals surface area contributed by atoms with Crippen molar-refractivity contribution >= 4 is 28.5 Å². The Bertz CT molecular complexity index is 1170. The molecule has 222 valence electrons. The molecule has 1 heterocycles. The van der Waals surface area contributed by atoms with Crippen LogP contribution in [0.5, 0.6) is 0 Å². The minimum absolute atomic E-state index is 0.0744. The predicted octanol–water partition coefficient (Wildman–Crippen LogP) is 2.97. The fourth-order valence-corrected chi connectivity index (χ4v) is 3.80. The molecule has 0 aliphatic heterocycles. The molecule has 2 amide bonds. The second-order valence-corrected chi connectivity index (χ2v) is 8.96. The van der Waals surface area contributed by atoms with E-state index in [9.17, 15) is 9.59 Å². The van der Waals surface area contributed by atoms with E-state index in [1.165, 1.54) is 0 Å². The van der Waals surface area contributed by atoms with Crippen molar-refractivity contribution in [1.82, 2.24) is 15.6 Å². The highest BCUT2D eigenvalue weighted by Crippen LogP contribution is 2.21. The van der Waals surface area contributed by atoms with Crippen molar-refractivity contribution < 1.29 is 33.3 Å². The molecule has 1 atom stereocenters. The molecule has 3 aromatic rings. The molecule has 0 aliphatic carbocycles. The zero-order valence-corrected chi connectivity index (χ0v) is 23.5. The van der Waals surface area contributed by atoms with Gasteiger partial charge in [-0.3, -0.25) is 9.78 Å². The average Bonchev–Trinajstić information content (AvgIpc) is 2.99. The number of nitrogens with zero attached hydrogens (tertiary/aromatic N) is 1. The summed E-state index contributed by atoms with van der Waals surface area (Å²) < 4.78 is 26.8. The van der Waals surface area contributed by atoms with Crippen molar-refractivity contribution in [3.05, 3.63) is 72.6 Å². The second kappa shape index (κ2) is 19.5. The van der Waals surface area contributed by atoms with Crippen molar-refractivity contribution in [3.63, 3.8) is 0 Å². The van der Waals surface area contributed by atoms with Gasteiger partial charge in [0, 0.05) is 36.6 Å². The molecule has 11 heteroatoms. The summed E-state index contributed by atoms with van der Waals surface area (Å²) in [7, 11) is 1.88. The standard InChI is InChI=1S/C30H40N4O7/c1-31-11-12-37-13-14-38-15-16-39-17-18-40-19-20-41-30(36)33-23-28(24-5-3-2-4-6-24)29(35)34-27-8-7-26-22-32-10-9-25(26)21-27/h2-10,21-22,28,31H,11-20,23H2,1H3,(H,33,36)(H,34,35)/t28-/m1/s1. The van der Waals surface area contributed by atoms with Gasteiger partial charge in [-0.1, -0.05) is 36.4 Å². The van der Waals surface area contributed by atoms with Crippen molar-refractivity contribution in [2.75, 3.05) is 84.9 Å². The highest BCUT2D eigenvalue weighted by molar-refractivity contribution is 5.98. The molecule has 0 spiro atoms. The molecule has 0 fully saturated rings. The predicted molar refractivity (Wildman–Crippen MR) is 156 cm³/mol. The highest BCUT2D eigenvalue weighted by atomic mass is 16.6. The lowest BCUT2D eigenvalue weighted by atomic mass is 9.98. The summed E-state index contributed by atoms with van der Waals surface area (Å²) in [5.41, 5.74) is 1.44. The molecule has 41 heavy (non-hydrogen) atoms. The quantitative estimate of drug-likeness (QED) is 0.176. The van der Waals surface area contributed by atoms with Gasteiger partial charge in [0.2, 0.25) is 5.91 Å². The Balaban J connectivity index is 1.29. The number of aromatic nitrogens is 1. The first-order chi connectivity index (χ1) is 20.2. The van der Waals surface area contributed by atoms with Gasteiger partial charge in [-0.05, 0) is 36.2 Å². The number of alkyl carbamates (subject to hydrolysis) is 1. The number of rotatable bonds is 20. The third-order valence-electron chi connectivity index (χ3n) is 5.95. The van der Waals surface area contributed by atoms with Crippen molar-refractivity contribution in [2.24, 2.45) is 0 Å². The van der Waals surface area contributed by atoms with Crippen LogP contribution in [0.15, 0.2) is 67.0 Å². The van der Waals surface area contributed by atoms with Gasteiger partial charge in [0.05, 0.1) is 58.8 Å². The third-order valence-corrected chi connectivity index (χ3v) is 5.95. The van der Waals surface area contributed by atoms with E-state index in [-0.39, 0.29) is 25.7 Å². The molecule has 11 nitrogen and oxygen atoms in total. The average molecular weight is 569 g/mol. The maximum Gasteiger partial charge on any atom is 0.407 e. The van der Waals surface area contributed by atoms with Gasteiger partial charge in [0.15, 0.2) is 0 Å². The van der Waals surface area contributed by atoms with Crippen LogP contribution in [-0.2, 0) is 28.5 Å². The molecular formula is C30H40N4O7. The van der Waals surface area contributed by atoms with Crippen LogP contribution in [0, 0.1) is 0 Å². The topological polar surface area (TPSA) is 129 Å². The van der Waals surface area contributed by atoms with Crippen LogP contribution in [0.1, 0.15) is 11.5 Å². The molecule has 0 aliphatic rings. The number of hydrogen-bond donors (Lipinski definition) is 3. The number of carbonyl (C=O) groups is 2. The number of pyridine rings is 1. The Morgan fingerprint density at radius 3 is 2.12 bits per heavy atom. The van der Waals surface area contributed by atoms with E-state index >= 15 is 0 Å². The molecule has 0 radical (unpaired) electrons. The van der Waals surface area contributed by atoms with E-state index in [0.29, 0.717) is 51.9 Å². The van der Waals surface area contributed by atoms with Gasteiger partial charge < -0.3 is 39.6 Å². The molecule has 0 saturated heterocycles. The van der Waals surface area contributed by atoms with Gasteiger partial charge in [-0.2, -0.15) is 0 Å². The van der Waals surface area contributed by atoms with Crippen LogP contribution >= 0.6 is 0 Å². The summed E-state index contributed by atoms with van der Waals surface area (Å²) >= 11 is 0. The maximum atomic E-state index is 13.2. The first kappa shape index (κ1) is 31.9. The highest BCUT2D eigenvalue weighted by Gasteiger charge is 2.22. The molecule has 3 rings (SSSR count). The summed E-state index contributed by atoms with van der Waals surface area (Å²) in [5, 5.41) is 10.6. The van der Waals surface area contributed by atoms with Gasteiger partial charge in [0.1, 0.15) is 6.61 Å². The second-order valence-electron chi connectivity index (χ2n) is 8.96. The van der Waals surface area contributed by atoms with E-state index in [1.54, 1.807) is 12.4 Å². The fraction of sp³-hybridized carbons (Fsp3) is 0.433. The van der Waals surface area contributed by atoms with Crippen LogP contribution in [0.3, 0.4) is 0 Å². The SMILES string of the molecule is CNCCOCCOCCOCCOCCOC(=O)NC[C@@H](C(=O)Nc1ccc2cnccc2c1)c1ccccc1. The van der Waals surface area contributed by atoms with Crippen molar-refractivity contribution in [3.8, 4) is 0 Å². The number of fused-ring (bicyclic) bond motifs is 1. The number of carbonyl (C=O) groups excluding carboxylic acids is 2. The number of amides is 2. The smallest absolute Gasteiger partial charge is 0.407 e. The van der Waals surface area contributed by atoms with Gasteiger partial charge in [0.25, 0.3) is 0 Å². The Morgan fingerprint density at radius 2 is 1.44 bits per heavy atom. The number of benzene rings is 2. The third kappa shape index (κ3) is 12.6. The number of ether oxygens (including phenoxy) is 5. The summed E-state index contributed by atoms with van der Waals surface area (Å²) in [6, 6.07) is 16.8. The summed E-state index contributed by atoms with van der Waals surface area (Å²) in [4.78, 5) is 29.6. The van der Waals surface area contributed by atoms with Crippen LogP contribution < -0.4 is 16.0 Å². The summed E-state index contributed by atoms with van der Waals surface area (Å²) in [6.07, 6.45) is 2.85. The largest absolute Gasteiger partial charge is 0.447 e. The Kier molecular flexibility index (Phi) is 15.1. The molecule has 3 N–H and O–H groups in total. The van der Waals surface area contributed by atoms with Gasteiger partial charge in [-0.15, -0.1) is 0 Å². The first-order valence-corrected chi connectivity index (χ1v) is 13.7. The molecule has 0 bridgehead atoms. The normalized spacial score (nSPS) is 11.7. The molecule has 2 aromatic carbocycles. The summed E-state index contributed by atoms with van der Waals surface area (Å²) in [6.45, 7) is 4.70. The first-order valence-electron chi connectivity index (χ1n) is 13.7. The van der Waals surface area contributed by atoms with Crippen molar-refractivity contribution in [2.45, 2.75) is 5.92 Å². The summed E-state index contributed by atoms with van der Waals surface area (Å²) in [5.74, 6) is -0.850. The number of anilines is 1. The van der Waals surface area contributed by atoms with E-state index < -0.39 is 12.0 Å². The van der Waals surface area contributed by atoms with Crippen LogP contribution in [0.25, 0.3) is 10.8 Å².